The van der Waals surface area contributed by atoms with Crippen molar-refractivity contribution >= 4 is 21.6 Å². The topological polar surface area (TPSA) is 57.7 Å². The van der Waals surface area contributed by atoms with Crippen LogP contribution in [0.1, 0.15) is 43.7 Å². The fourth-order valence-corrected chi connectivity index (χ4v) is 4.43. The van der Waals surface area contributed by atoms with Gasteiger partial charge in [-0.2, -0.15) is 0 Å². The van der Waals surface area contributed by atoms with Crippen LogP contribution in [-0.2, 0) is 14.8 Å². The fourth-order valence-electron chi connectivity index (χ4n) is 3.23. The second-order valence-electron chi connectivity index (χ2n) is 6.64. The van der Waals surface area contributed by atoms with Crippen LogP contribution in [-0.4, -0.2) is 44.6 Å². The SMILES string of the molecule is CCC(C(=O)N1CCCCC1)N(c1ccc(C)c(C)c1)S(C)(=O)=O. The van der Waals surface area contributed by atoms with E-state index in [0.717, 1.165) is 43.5 Å². The molecule has 0 aromatic heterocycles. The third-order valence-corrected chi connectivity index (χ3v) is 5.90. The van der Waals surface area contributed by atoms with Gasteiger partial charge >= 0.3 is 0 Å². The second kappa shape index (κ2) is 7.55. The first kappa shape index (κ1) is 18.8. The van der Waals surface area contributed by atoms with Crippen LogP contribution in [0.25, 0.3) is 0 Å². The average molecular weight is 353 g/mol. The Morgan fingerprint density at radius 3 is 2.29 bits per heavy atom. The number of piperidine rings is 1. The lowest BCUT2D eigenvalue weighted by molar-refractivity contribution is -0.133. The van der Waals surface area contributed by atoms with Gasteiger partial charge in [0.05, 0.1) is 11.9 Å². The first-order valence-corrected chi connectivity index (χ1v) is 10.5. The molecule has 2 rings (SSSR count). The van der Waals surface area contributed by atoms with Gasteiger partial charge in [0.1, 0.15) is 6.04 Å². The van der Waals surface area contributed by atoms with Crippen LogP contribution < -0.4 is 4.31 Å². The maximum atomic E-state index is 13.0. The van der Waals surface area contributed by atoms with Gasteiger partial charge in [0, 0.05) is 13.1 Å². The monoisotopic (exact) mass is 352 g/mol. The minimum absolute atomic E-state index is 0.0825. The number of hydrogen-bond acceptors (Lipinski definition) is 3. The van der Waals surface area contributed by atoms with Crippen molar-refractivity contribution in [3.05, 3.63) is 29.3 Å². The zero-order valence-electron chi connectivity index (χ0n) is 15.1. The van der Waals surface area contributed by atoms with E-state index in [1.807, 2.05) is 37.8 Å². The molecule has 0 saturated carbocycles. The van der Waals surface area contributed by atoms with E-state index >= 15 is 0 Å². The molecular formula is C18H28N2O3S. The Labute approximate surface area is 145 Å². The molecule has 1 heterocycles. The lowest BCUT2D eigenvalue weighted by Crippen LogP contribution is -2.51. The number of benzene rings is 1. The highest BCUT2D eigenvalue weighted by Gasteiger charge is 2.34. The van der Waals surface area contributed by atoms with Crippen molar-refractivity contribution in [2.24, 2.45) is 0 Å². The molecule has 0 spiro atoms. The Kier molecular flexibility index (Phi) is 5.91. The summed E-state index contributed by atoms with van der Waals surface area (Å²) in [5.74, 6) is -0.0825. The summed E-state index contributed by atoms with van der Waals surface area (Å²) in [7, 11) is -3.56. The van der Waals surface area contributed by atoms with Gasteiger partial charge in [-0.05, 0) is 62.8 Å². The van der Waals surface area contributed by atoms with Gasteiger partial charge in [-0.3, -0.25) is 9.10 Å². The molecule has 0 radical (unpaired) electrons. The van der Waals surface area contributed by atoms with E-state index < -0.39 is 16.1 Å². The first-order valence-electron chi connectivity index (χ1n) is 8.61. The van der Waals surface area contributed by atoms with Gasteiger partial charge in [0.15, 0.2) is 0 Å². The van der Waals surface area contributed by atoms with Crippen molar-refractivity contribution in [1.29, 1.82) is 0 Å². The van der Waals surface area contributed by atoms with E-state index in [0.29, 0.717) is 12.1 Å². The summed E-state index contributed by atoms with van der Waals surface area (Å²) in [4.78, 5) is 14.8. The van der Waals surface area contributed by atoms with Crippen molar-refractivity contribution in [2.75, 3.05) is 23.7 Å². The Hall–Kier alpha value is -1.56. The molecule has 5 nitrogen and oxygen atoms in total. The average Bonchev–Trinajstić information content (AvgIpc) is 2.54. The van der Waals surface area contributed by atoms with Crippen LogP contribution in [0.3, 0.4) is 0 Å². The van der Waals surface area contributed by atoms with Crippen LogP contribution in [0.5, 0.6) is 0 Å². The number of carbonyl (C=O) groups excluding carboxylic acids is 1. The van der Waals surface area contributed by atoms with Crippen molar-refractivity contribution in [2.45, 2.75) is 52.5 Å². The molecule has 24 heavy (non-hydrogen) atoms. The van der Waals surface area contributed by atoms with Crippen LogP contribution in [0.4, 0.5) is 5.69 Å². The molecule has 1 unspecified atom stereocenters. The summed E-state index contributed by atoms with van der Waals surface area (Å²) in [6.07, 6.45) is 4.74. The summed E-state index contributed by atoms with van der Waals surface area (Å²) in [6.45, 7) is 7.25. The number of anilines is 1. The Bertz CT molecular complexity index is 694. The van der Waals surface area contributed by atoms with Crippen LogP contribution in [0.2, 0.25) is 0 Å². The lowest BCUT2D eigenvalue weighted by atomic mass is 10.1. The van der Waals surface area contributed by atoms with E-state index in [4.69, 9.17) is 0 Å². The molecule has 6 heteroatoms. The summed E-state index contributed by atoms with van der Waals surface area (Å²) in [6, 6.07) is 4.86. The zero-order valence-corrected chi connectivity index (χ0v) is 15.9. The van der Waals surface area contributed by atoms with Gasteiger partial charge in [0.25, 0.3) is 0 Å². The maximum absolute atomic E-state index is 13.0. The summed E-state index contributed by atoms with van der Waals surface area (Å²) >= 11 is 0. The first-order chi connectivity index (χ1) is 11.3. The van der Waals surface area contributed by atoms with E-state index in [9.17, 15) is 13.2 Å². The Morgan fingerprint density at radius 1 is 1.17 bits per heavy atom. The second-order valence-corrected chi connectivity index (χ2v) is 8.50. The number of sulfonamides is 1. The molecule has 134 valence electrons. The fraction of sp³-hybridized carbons (Fsp3) is 0.611. The molecule has 1 aliphatic heterocycles. The minimum Gasteiger partial charge on any atom is -0.341 e. The summed E-state index contributed by atoms with van der Waals surface area (Å²) in [5.41, 5.74) is 2.68. The van der Waals surface area contributed by atoms with Crippen molar-refractivity contribution < 1.29 is 13.2 Å². The molecule has 0 aliphatic carbocycles. The third-order valence-electron chi connectivity index (χ3n) is 4.72. The van der Waals surface area contributed by atoms with Gasteiger partial charge in [-0.25, -0.2) is 8.42 Å². The minimum atomic E-state index is -3.56. The van der Waals surface area contributed by atoms with E-state index in [-0.39, 0.29) is 5.91 Å². The van der Waals surface area contributed by atoms with Crippen molar-refractivity contribution in [1.82, 2.24) is 4.90 Å². The standard InChI is InChI=1S/C18H28N2O3S/c1-5-17(18(21)19-11-7-6-8-12-19)20(24(4,22)23)16-10-9-14(2)15(3)13-16/h9-10,13,17H,5-8,11-12H2,1-4H3. The Balaban J connectivity index is 2.41. The predicted octanol–water partition coefficient (Wildman–Crippen LogP) is 2.86. The Morgan fingerprint density at radius 2 is 1.79 bits per heavy atom. The van der Waals surface area contributed by atoms with Gasteiger partial charge < -0.3 is 4.90 Å². The number of rotatable bonds is 5. The summed E-state index contributed by atoms with van der Waals surface area (Å²) in [5, 5.41) is 0. The molecule has 1 fully saturated rings. The quantitative estimate of drug-likeness (QED) is 0.819. The van der Waals surface area contributed by atoms with E-state index in [1.165, 1.54) is 10.6 Å². The maximum Gasteiger partial charge on any atom is 0.246 e. The number of carbonyl (C=O) groups is 1. The lowest BCUT2D eigenvalue weighted by Gasteiger charge is -2.35. The molecular weight excluding hydrogens is 324 g/mol. The number of likely N-dealkylation sites (tertiary alicyclic amines) is 1. The smallest absolute Gasteiger partial charge is 0.246 e. The number of hydrogen-bond donors (Lipinski definition) is 0. The third kappa shape index (κ3) is 4.09. The van der Waals surface area contributed by atoms with E-state index in [2.05, 4.69) is 0 Å². The summed E-state index contributed by atoms with van der Waals surface area (Å²) < 4.78 is 26.2. The molecule has 1 aliphatic rings. The van der Waals surface area contributed by atoms with Crippen molar-refractivity contribution in [3.63, 3.8) is 0 Å². The molecule has 1 amide bonds. The molecule has 0 bridgehead atoms. The molecule has 0 N–H and O–H groups in total. The van der Waals surface area contributed by atoms with E-state index in [1.54, 1.807) is 6.07 Å². The van der Waals surface area contributed by atoms with Gasteiger partial charge in [0.2, 0.25) is 15.9 Å². The van der Waals surface area contributed by atoms with Gasteiger partial charge in [-0.1, -0.05) is 13.0 Å². The molecule has 1 atom stereocenters. The highest BCUT2D eigenvalue weighted by Crippen LogP contribution is 2.26. The van der Waals surface area contributed by atoms with Crippen LogP contribution in [0, 0.1) is 13.8 Å². The predicted molar refractivity (Wildman–Crippen MR) is 97.7 cm³/mol. The number of nitrogens with zero attached hydrogens (tertiary/aromatic N) is 2. The largest absolute Gasteiger partial charge is 0.341 e. The highest BCUT2D eigenvalue weighted by atomic mass is 32.2. The zero-order chi connectivity index (χ0) is 17.9. The number of amides is 1. The molecule has 1 aromatic carbocycles. The van der Waals surface area contributed by atoms with Gasteiger partial charge in [-0.15, -0.1) is 0 Å². The van der Waals surface area contributed by atoms with Crippen LogP contribution in [0.15, 0.2) is 18.2 Å². The molecule has 1 aromatic rings. The molecule has 1 saturated heterocycles. The highest BCUT2D eigenvalue weighted by molar-refractivity contribution is 7.92. The van der Waals surface area contributed by atoms with Crippen LogP contribution >= 0.6 is 0 Å². The van der Waals surface area contributed by atoms with Crippen molar-refractivity contribution in [3.8, 4) is 0 Å². The normalized spacial score (nSPS) is 16.8. The number of aryl methyl sites for hydroxylation is 2.